The van der Waals surface area contributed by atoms with Crippen molar-refractivity contribution in [2.75, 3.05) is 6.54 Å². The molecule has 0 saturated heterocycles. The van der Waals surface area contributed by atoms with Crippen LogP contribution in [0.1, 0.15) is 16.8 Å². The molecule has 0 heterocycles. The summed E-state index contributed by atoms with van der Waals surface area (Å²) in [5.41, 5.74) is 0.119. The molecule has 0 aromatic heterocycles. The molecule has 1 rings (SSSR count). The normalized spacial score (nSPS) is 9.81. The Balaban J connectivity index is 2.63. The molecule has 1 aromatic carbocycles. The molecule has 0 unspecified atom stereocenters. The van der Waals surface area contributed by atoms with Crippen molar-refractivity contribution in [2.45, 2.75) is 6.42 Å². The number of phenolic OH excluding ortho intramolecular Hbond substituents is 1. The minimum absolute atomic E-state index is 0.0314. The molecule has 1 aromatic rings. The van der Waals surface area contributed by atoms with E-state index >= 15 is 0 Å². The molecule has 16 heavy (non-hydrogen) atoms. The zero-order valence-electron chi connectivity index (χ0n) is 8.24. The molecule has 0 saturated carbocycles. The smallest absolute Gasteiger partial charge is 0.305 e. The number of halogens is 1. The number of amides is 1. The highest BCUT2D eigenvalue weighted by atomic mass is 79.9. The Morgan fingerprint density at radius 2 is 2.06 bits per heavy atom. The Morgan fingerprint density at radius 1 is 1.38 bits per heavy atom. The molecule has 0 bridgehead atoms. The van der Waals surface area contributed by atoms with Gasteiger partial charge in [-0.15, -0.1) is 0 Å². The van der Waals surface area contributed by atoms with Crippen LogP contribution in [0.25, 0.3) is 0 Å². The molecule has 86 valence electrons. The van der Waals surface area contributed by atoms with E-state index in [9.17, 15) is 14.7 Å². The SMILES string of the molecule is O=C(O)CCNC(=O)c1ccc(Br)cc1O. The van der Waals surface area contributed by atoms with E-state index in [4.69, 9.17) is 5.11 Å². The van der Waals surface area contributed by atoms with E-state index in [0.29, 0.717) is 4.47 Å². The van der Waals surface area contributed by atoms with Crippen LogP contribution in [0.2, 0.25) is 0 Å². The lowest BCUT2D eigenvalue weighted by Gasteiger charge is -2.05. The highest BCUT2D eigenvalue weighted by Crippen LogP contribution is 2.21. The van der Waals surface area contributed by atoms with Gasteiger partial charge in [-0.3, -0.25) is 9.59 Å². The first kappa shape index (κ1) is 12.5. The van der Waals surface area contributed by atoms with E-state index in [1.165, 1.54) is 12.1 Å². The fourth-order valence-corrected chi connectivity index (χ4v) is 1.42. The molecular formula is C10H10BrNO4. The molecule has 1 amide bonds. The number of benzene rings is 1. The monoisotopic (exact) mass is 287 g/mol. The Morgan fingerprint density at radius 3 is 2.62 bits per heavy atom. The summed E-state index contributed by atoms with van der Waals surface area (Å²) in [4.78, 5) is 21.7. The number of hydrogen-bond donors (Lipinski definition) is 3. The van der Waals surface area contributed by atoms with Crippen LogP contribution in [-0.4, -0.2) is 28.6 Å². The second-order valence-electron chi connectivity index (χ2n) is 3.06. The van der Waals surface area contributed by atoms with Gasteiger partial charge in [0.25, 0.3) is 5.91 Å². The van der Waals surface area contributed by atoms with Crippen LogP contribution in [0, 0.1) is 0 Å². The van der Waals surface area contributed by atoms with E-state index in [1.54, 1.807) is 6.07 Å². The third-order valence-corrected chi connectivity index (χ3v) is 2.32. The maximum Gasteiger partial charge on any atom is 0.305 e. The molecule has 3 N–H and O–H groups in total. The van der Waals surface area contributed by atoms with Crippen LogP contribution < -0.4 is 5.32 Å². The number of carboxylic acid groups (broad SMARTS) is 1. The quantitative estimate of drug-likeness (QED) is 0.780. The summed E-state index contributed by atoms with van der Waals surface area (Å²) in [6, 6.07) is 4.47. The van der Waals surface area contributed by atoms with E-state index in [2.05, 4.69) is 21.2 Å². The predicted octanol–water partition coefficient (Wildman–Crippen LogP) is 1.36. The molecule has 5 nitrogen and oxygen atoms in total. The van der Waals surface area contributed by atoms with Gasteiger partial charge in [-0.2, -0.15) is 0 Å². The fourth-order valence-electron chi connectivity index (χ4n) is 1.07. The van der Waals surface area contributed by atoms with Crippen LogP contribution in [0.15, 0.2) is 22.7 Å². The van der Waals surface area contributed by atoms with Crippen molar-refractivity contribution < 1.29 is 19.8 Å². The summed E-state index contributed by atoms with van der Waals surface area (Å²) >= 11 is 3.15. The first-order chi connectivity index (χ1) is 7.50. The number of phenols is 1. The first-order valence-electron chi connectivity index (χ1n) is 4.49. The highest BCUT2D eigenvalue weighted by Gasteiger charge is 2.10. The molecule has 6 heteroatoms. The molecule has 0 spiro atoms. The molecule has 0 atom stereocenters. The van der Waals surface area contributed by atoms with Gasteiger partial charge in [-0.1, -0.05) is 15.9 Å². The fraction of sp³-hybridized carbons (Fsp3) is 0.200. The largest absolute Gasteiger partial charge is 0.507 e. The number of rotatable bonds is 4. The molecule has 0 aliphatic rings. The summed E-state index contributed by atoms with van der Waals surface area (Å²) in [6.07, 6.45) is -0.150. The maximum absolute atomic E-state index is 11.5. The standard InChI is InChI=1S/C10H10BrNO4/c11-6-1-2-7(8(13)5-6)10(16)12-4-3-9(14)15/h1-2,5,13H,3-4H2,(H,12,16)(H,14,15). The Hall–Kier alpha value is -1.56. The number of aromatic hydroxyl groups is 1. The van der Waals surface area contributed by atoms with Crippen molar-refractivity contribution in [3.8, 4) is 5.75 Å². The third-order valence-electron chi connectivity index (χ3n) is 1.83. The van der Waals surface area contributed by atoms with E-state index in [1.807, 2.05) is 0 Å². The summed E-state index contributed by atoms with van der Waals surface area (Å²) in [7, 11) is 0. The lowest BCUT2D eigenvalue weighted by Crippen LogP contribution is -2.26. The highest BCUT2D eigenvalue weighted by molar-refractivity contribution is 9.10. The van der Waals surface area contributed by atoms with E-state index < -0.39 is 11.9 Å². The zero-order chi connectivity index (χ0) is 12.1. The molecule has 0 fully saturated rings. The molecule has 0 aliphatic carbocycles. The van der Waals surface area contributed by atoms with Gasteiger partial charge in [0.05, 0.1) is 12.0 Å². The summed E-state index contributed by atoms with van der Waals surface area (Å²) in [6.45, 7) is 0.0314. The number of carbonyl (C=O) groups excluding carboxylic acids is 1. The minimum atomic E-state index is -0.986. The van der Waals surface area contributed by atoms with Crippen LogP contribution >= 0.6 is 15.9 Å². The van der Waals surface area contributed by atoms with Crippen molar-refractivity contribution in [1.82, 2.24) is 5.32 Å². The molecule has 0 radical (unpaired) electrons. The van der Waals surface area contributed by atoms with Crippen molar-refractivity contribution in [1.29, 1.82) is 0 Å². The minimum Gasteiger partial charge on any atom is -0.507 e. The van der Waals surface area contributed by atoms with E-state index in [0.717, 1.165) is 0 Å². The number of carbonyl (C=O) groups is 2. The zero-order valence-corrected chi connectivity index (χ0v) is 9.82. The number of hydrogen-bond acceptors (Lipinski definition) is 3. The van der Waals surface area contributed by atoms with Gasteiger partial charge in [-0.05, 0) is 18.2 Å². The van der Waals surface area contributed by atoms with Crippen LogP contribution in [0.3, 0.4) is 0 Å². The van der Waals surface area contributed by atoms with Gasteiger partial charge in [-0.25, -0.2) is 0 Å². The third kappa shape index (κ3) is 3.54. The Labute approximate surface area is 100 Å². The maximum atomic E-state index is 11.5. The second-order valence-corrected chi connectivity index (χ2v) is 3.98. The summed E-state index contributed by atoms with van der Waals surface area (Å²) < 4.78 is 0.659. The lowest BCUT2D eigenvalue weighted by molar-refractivity contribution is -0.136. The van der Waals surface area contributed by atoms with Crippen molar-refractivity contribution in [3.63, 3.8) is 0 Å². The van der Waals surface area contributed by atoms with Gasteiger partial charge in [0.2, 0.25) is 0 Å². The summed E-state index contributed by atoms with van der Waals surface area (Å²) in [5.74, 6) is -1.63. The van der Waals surface area contributed by atoms with Gasteiger partial charge in [0, 0.05) is 11.0 Å². The average molecular weight is 288 g/mol. The van der Waals surface area contributed by atoms with Crippen LogP contribution in [0.5, 0.6) is 5.75 Å². The average Bonchev–Trinajstić information content (AvgIpc) is 2.16. The van der Waals surface area contributed by atoms with Gasteiger partial charge < -0.3 is 15.5 Å². The van der Waals surface area contributed by atoms with Crippen molar-refractivity contribution >= 4 is 27.8 Å². The van der Waals surface area contributed by atoms with Crippen molar-refractivity contribution in [3.05, 3.63) is 28.2 Å². The van der Waals surface area contributed by atoms with Crippen LogP contribution in [-0.2, 0) is 4.79 Å². The second kappa shape index (κ2) is 5.50. The number of nitrogens with one attached hydrogen (secondary N) is 1. The number of carboxylic acids is 1. The van der Waals surface area contributed by atoms with Crippen molar-refractivity contribution in [2.24, 2.45) is 0 Å². The molecule has 0 aliphatic heterocycles. The Bertz CT molecular complexity index is 419. The van der Waals surface area contributed by atoms with E-state index in [-0.39, 0.29) is 24.3 Å². The Kier molecular flexibility index (Phi) is 4.30. The number of aliphatic carboxylic acids is 1. The summed E-state index contributed by atoms with van der Waals surface area (Å²) in [5, 5.41) is 20.2. The molecular weight excluding hydrogens is 278 g/mol. The predicted molar refractivity (Wildman–Crippen MR) is 60.4 cm³/mol. The topological polar surface area (TPSA) is 86.6 Å². The first-order valence-corrected chi connectivity index (χ1v) is 5.28. The van der Waals surface area contributed by atoms with Gasteiger partial charge >= 0.3 is 5.97 Å². The van der Waals surface area contributed by atoms with Gasteiger partial charge in [0.1, 0.15) is 5.75 Å². The van der Waals surface area contributed by atoms with Gasteiger partial charge in [0.15, 0.2) is 0 Å². The lowest BCUT2D eigenvalue weighted by atomic mass is 10.2. The van der Waals surface area contributed by atoms with Crippen LogP contribution in [0.4, 0.5) is 0 Å².